The molecule has 19 heavy (non-hydrogen) atoms. The first kappa shape index (κ1) is 10.4. The van der Waals surface area contributed by atoms with Crippen molar-refractivity contribution in [3.8, 4) is 23.0 Å². The van der Waals surface area contributed by atoms with Crippen LogP contribution in [0.2, 0.25) is 0 Å². The molecule has 0 unspecified atom stereocenters. The Morgan fingerprint density at radius 1 is 1.11 bits per heavy atom. The lowest BCUT2D eigenvalue weighted by molar-refractivity contribution is 0.297. The molecule has 0 aliphatic carbocycles. The fraction of sp³-hybridized carbons (Fsp3) is 0.250. The topological polar surface area (TPSA) is 88.7 Å². The highest BCUT2D eigenvalue weighted by Gasteiger charge is 2.15. The van der Waals surface area contributed by atoms with Crippen LogP contribution in [0.4, 0.5) is 0 Å². The molecule has 1 aliphatic heterocycles. The molecule has 96 valence electrons. The SMILES string of the molecule is c1n[nH]nc1-c1nc2cc3c(cc2[nH]1)OCCCO3. The molecule has 0 saturated heterocycles. The van der Waals surface area contributed by atoms with Gasteiger partial charge in [0, 0.05) is 18.6 Å². The summed E-state index contributed by atoms with van der Waals surface area (Å²) >= 11 is 0. The first-order chi connectivity index (χ1) is 9.40. The van der Waals surface area contributed by atoms with Crippen molar-refractivity contribution in [2.45, 2.75) is 6.42 Å². The second-order valence-corrected chi connectivity index (χ2v) is 4.31. The van der Waals surface area contributed by atoms with Crippen molar-refractivity contribution in [2.75, 3.05) is 13.2 Å². The van der Waals surface area contributed by atoms with Crippen LogP contribution in [0.25, 0.3) is 22.6 Å². The average Bonchev–Trinajstić information content (AvgIpc) is 3.01. The molecule has 0 amide bonds. The fourth-order valence-corrected chi connectivity index (χ4v) is 2.10. The predicted octanol–water partition coefficient (Wildman–Crippen LogP) is 1.51. The molecule has 1 aromatic carbocycles. The lowest BCUT2D eigenvalue weighted by Crippen LogP contribution is -1.97. The van der Waals surface area contributed by atoms with Gasteiger partial charge in [0.1, 0.15) is 5.69 Å². The number of nitrogens with one attached hydrogen (secondary N) is 2. The van der Waals surface area contributed by atoms with E-state index >= 15 is 0 Å². The third-order valence-electron chi connectivity index (χ3n) is 3.01. The van der Waals surface area contributed by atoms with Crippen molar-refractivity contribution >= 4 is 11.0 Å². The van der Waals surface area contributed by atoms with E-state index in [1.165, 1.54) is 0 Å². The Kier molecular flexibility index (Phi) is 2.17. The number of aromatic amines is 2. The third-order valence-corrected chi connectivity index (χ3v) is 3.01. The number of hydrogen-bond donors (Lipinski definition) is 2. The van der Waals surface area contributed by atoms with Gasteiger partial charge in [-0.3, -0.25) is 0 Å². The summed E-state index contributed by atoms with van der Waals surface area (Å²) < 4.78 is 11.3. The lowest BCUT2D eigenvalue weighted by Gasteiger charge is -2.05. The van der Waals surface area contributed by atoms with E-state index in [2.05, 4.69) is 25.4 Å². The molecular formula is C12H11N5O2. The molecule has 0 fully saturated rings. The summed E-state index contributed by atoms with van der Waals surface area (Å²) in [6.07, 6.45) is 2.51. The first-order valence-corrected chi connectivity index (χ1v) is 6.06. The van der Waals surface area contributed by atoms with Gasteiger partial charge in [-0.25, -0.2) is 4.98 Å². The maximum absolute atomic E-state index is 5.65. The van der Waals surface area contributed by atoms with Gasteiger partial charge in [-0.15, -0.1) is 0 Å². The van der Waals surface area contributed by atoms with Crippen LogP contribution in [0.1, 0.15) is 6.42 Å². The van der Waals surface area contributed by atoms with Gasteiger partial charge < -0.3 is 14.5 Å². The Morgan fingerprint density at radius 2 is 1.95 bits per heavy atom. The molecule has 2 N–H and O–H groups in total. The van der Waals surface area contributed by atoms with Crippen LogP contribution in [0, 0.1) is 0 Å². The number of nitrogens with zero attached hydrogens (tertiary/aromatic N) is 3. The molecule has 7 heteroatoms. The van der Waals surface area contributed by atoms with Gasteiger partial charge in [-0.05, 0) is 0 Å². The summed E-state index contributed by atoms with van der Waals surface area (Å²) in [5.74, 6) is 2.16. The maximum atomic E-state index is 5.65. The minimum Gasteiger partial charge on any atom is -0.489 e. The van der Waals surface area contributed by atoms with Crippen molar-refractivity contribution in [3.05, 3.63) is 18.3 Å². The minimum absolute atomic E-state index is 0.666. The van der Waals surface area contributed by atoms with Crippen molar-refractivity contribution < 1.29 is 9.47 Å². The molecular weight excluding hydrogens is 246 g/mol. The number of aromatic nitrogens is 5. The van der Waals surface area contributed by atoms with Gasteiger partial charge in [-0.1, -0.05) is 0 Å². The van der Waals surface area contributed by atoms with Gasteiger partial charge in [0.25, 0.3) is 0 Å². The summed E-state index contributed by atoms with van der Waals surface area (Å²) in [5, 5.41) is 10.3. The minimum atomic E-state index is 0.666. The van der Waals surface area contributed by atoms with Crippen LogP contribution >= 0.6 is 0 Å². The van der Waals surface area contributed by atoms with Crippen molar-refractivity contribution in [1.29, 1.82) is 0 Å². The predicted molar refractivity (Wildman–Crippen MR) is 67.1 cm³/mol. The fourth-order valence-electron chi connectivity index (χ4n) is 2.10. The number of H-pyrrole nitrogens is 2. The van der Waals surface area contributed by atoms with E-state index in [-0.39, 0.29) is 0 Å². The Balaban J connectivity index is 1.86. The highest BCUT2D eigenvalue weighted by atomic mass is 16.5. The number of rotatable bonds is 1. The molecule has 0 atom stereocenters. The Bertz CT molecular complexity index is 676. The van der Waals surface area contributed by atoms with Crippen LogP contribution in [-0.2, 0) is 0 Å². The zero-order chi connectivity index (χ0) is 12.7. The van der Waals surface area contributed by atoms with Gasteiger partial charge in [0.05, 0.1) is 30.4 Å². The number of hydrogen-bond acceptors (Lipinski definition) is 5. The molecule has 2 aromatic heterocycles. The number of ether oxygens (including phenoxy) is 2. The summed E-state index contributed by atoms with van der Waals surface area (Å²) in [5.41, 5.74) is 2.39. The maximum Gasteiger partial charge on any atom is 0.163 e. The van der Waals surface area contributed by atoms with E-state index in [1.807, 2.05) is 12.1 Å². The van der Waals surface area contributed by atoms with Crippen LogP contribution in [-0.4, -0.2) is 38.6 Å². The summed E-state index contributed by atoms with van der Waals surface area (Å²) in [6.45, 7) is 1.34. The Hall–Kier alpha value is -2.57. The van der Waals surface area contributed by atoms with Crippen molar-refractivity contribution in [2.24, 2.45) is 0 Å². The molecule has 7 nitrogen and oxygen atoms in total. The van der Waals surface area contributed by atoms with Gasteiger partial charge in [0.15, 0.2) is 17.3 Å². The van der Waals surface area contributed by atoms with Gasteiger partial charge in [0.2, 0.25) is 0 Å². The summed E-state index contributed by atoms with van der Waals surface area (Å²) in [7, 11) is 0. The van der Waals surface area contributed by atoms with E-state index in [4.69, 9.17) is 9.47 Å². The molecule has 0 spiro atoms. The molecule has 0 saturated carbocycles. The second kappa shape index (κ2) is 3.98. The van der Waals surface area contributed by atoms with Crippen molar-refractivity contribution in [1.82, 2.24) is 25.4 Å². The van der Waals surface area contributed by atoms with Crippen molar-refractivity contribution in [3.63, 3.8) is 0 Å². The first-order valence-electron chi connectivity index (χ1n) is 6.06. The van der Waals surface area contributed by atoms with E-state index in [9.17, 15) is 0 Å². The largest absolute Gasteiger partial charge is 0.489 e. The molecule has 3 heterocycles. The Labute approximate surface area is 108 Å². The van der Waals surface area contributed by atoms with Crippen LogP contribution < -0.4 is 9.47 Å². The standard InChI is InChI=1S/C12H11N5O2/c1-2-18-10-4-7-8(5-11(10)19-3-1)15-12(14-7)9-6-13-17-16-9/h4-6H,1-3H2,(H,14,15)(H,13,16,17). The lowest BCUT2D eigenvalue weighted by atomic mass is 10.3. The number of benzene rings is 1. The molecule has 3 aromatic rings. The van der Waals surface area contributed by atoms with Crippen LogP contribution in [0.5, 0.6) is 11.5 Å². The monoisotopic (exact) mass is 257 g/mol. The zero-order valence-electron chi connectivity index (χ0n) is 10.0. The molecule has 0 bridgehead atoms. The third kappa shape index (κ3) is 1.70. The van der Waals surface area contributed by atoms with Crippen LogP contribution in [0.15, 0.2) is 18.3 Å². The number of fused-ring (bicyclic) bond motifs is 2. The van der Waals surface area contributed by atoms with Gasteiger partial charge in [-0.2, -0.15) is 15.4 Å². The molecule has 4 rings (SSSR count). The Morgan fingerprint density at radius 3 is 2.74 bits per heavy atom. The zero-order valence-corrected chi connectivity index (χ0v) is 10.0. The van der Waals surface area contributed by atoms with E-state index in [0.29, 0.717) is 24.7 Å². The van der Waals surface area contributed by atoms with E-state index in [1.54, 1.807) is 6.20 Å². The second-order valence-electron chi connectivity index (χ2n) is 4.31. The molecule has 1 aliphatic rings. The summed E-state index contributed by atoms with van der Waals surface area (Å²) in [6, 6.07) is 3.79. The number of imidazole rings is 1. The normalized spacial score (nSPS) is 14.5. The highest BCUT2D eigenvalue weighted by Crippen LogP contribution is 2.34. The average molecular weight is 257 g/mol. The van der Waals surface area contributed by atoms with E-state index in [0.717, 1.165) is 29.0 Å². The quantitative estimate of drug-likeness (QED) is 0.689. The van der Waals surface area contributed by atoms with Crippen LogP contribution in [0.3, 0.4) is 0 Å². The highest BCUT2D eigenvalue weighted by molar-refractivity contribution is 5.82. The van der Waals surface area contributed by atoms with Gasteiger partial charge >= 0.3 is 0 Å². The molecule has 0 radical (unpaired) electrons. The van der Waals surface area contributed by atoms with E-state index < -0.39 is 0 Å². The smallest absolute Gasteiger partial charge is 0.163 e. The summed E-state index contributed by atoms with van der Waals surface area (Å²) in [4.78, 5) is 7.68.